The molecule has 2 N–H and O–H groups in total. The fraction of sp³-hybridized carbons (Fsp3) is 0.647. The van der Waals surface area contributed by atoms with Gasteiger partial charge in [-0.3, -0.25) is 4.90 Å². The van der Waals surface area contributed by atoms with Gasteiger partial charge in [0, 0.05) is 25.2 Å². The second-order valence-corrected chi connectivity index (χ2v) is 6.24. The lowest BCUT2D eigenvalue weighted by atomic mass is 9.93. The minimum Gasteiger partial charge on any atom is -0.329 e. The Labute approximate surface area is 119 Å². The molecule has 0 amide bonds. The highest BCUT2D eigenvalue weighted by molar-refractivity contribution is 5.36. The Hall–Kier alpha value is -0.860. The van der Waals surface area contributed by atoms with Gasteiger partial charge in [-0.1, -0.05) is 32.0 Å². The van der Waals surface area contributed by atoms with Crippen molar-refractivity contribution in [3.63, 3.8) is 0 Å². The largest absolute Gasteiger partial charge is 0.329 e. The average molecular weight is 262 g/mol. The molecule has 1 unspecified atom stereocenters. The number of nitrogens with zero attached hydrogens (tertiary/aromatic N) is 1. The van der Waals surface area contributed by atoms with E-state index in [9.17, 15) is 0 Å². The van der Waals surface area contributed by atoms with Crippen LogP contribution in [-0.4, -0.2) is 24.0 Å². The van der Waals surface area contributed by atoms with Crippen molar-refractivity contribution >= 4 is 0 Å². The maximum Gasteiger partial charge on any atom is 0.0478 e. The van der Waals surface area contributed by atoms with Gasteiger partial charge in [0.05, 0.1) is 0 Å². The summed E-state index contributed by atoms with van der Waals surface area (Å²) in [6.45, 7) is 15.2. The highest BCUT2D eigenvalue weighted by Crippen LogP contribution is 2.28. The summed E-state index contributed by atoms with van der Waals surface area (Å²) in [5.41, 5.74) is 10.2. The van der Waals surface area contributed by atoms with E-state index >= 15 is 0 Å². The number of rotatable bonds is 6. The van der Waals surface area contributed by atoms with Crippen LogP contribution in [0.25, 0.3) is 0 Å². The third kappa shape index (κ3) is 4.05. The molecular formula is C17H30N2. The van der Waals surface area contributed by atoms with Crippen LogP contribution in [0.4, 0.5) is 0 Å². The molecule has 2 nitrogen and oxygen atoms in total. The van der Waals surface area contributed by atoms with E-state index < -0.39 is 0 Å². The molecule has 1 atom stereocenters. The summed E-state index contributed by atoms with van der Waals surface area (Å²) in [5, 5.41) is 0. The number of hydrogen-bond donors (Lipinski definition) is 1. The summed E-state index contributed by atoms with van der Waals surface area (Å²) in [6.07, 6.45) is 0. The molecule has 0 aliphatic heterocycles. The van der Waals surface area contributed by atoms with Gasteiger partial charge in [-0.05, 0) is 50.3 Å². The summed E-state index contributed by atoms with van der Waals surface area (Å²) >= 11 is 0. The zero-order valence-electron chi connectivity index (χ0n) is 13.4. The van der Waals surface area contributed by atoms with Crippen molar-refractivity contribution in [3.05, 3.63) is 34.9 Å². The zero-order valence-corrected chi connectivity index (χ0v) is 13.4. The van der Waals surface area contributed by atoms with E-state index in [0.29, 0.717) is 24.5 Å². The summed E-state index contributed by atoms with van der Waals surface area (Å²) in [4.78, 5) is 2.54. The minimum atomic E-state index is 0.323. The Balaban J connectivity index is 3.16. The van der Waals surface area contributed by atoms with Crippen LogP contribution in [0, 0.1) is 19.8 Å². The van der Waals surface area contributed by atoms with Gasteiger partial charge >= 0.3 is 0 Å². The van der Waals surface area contributed by atoms with Gasteiger partial charge in [-0.15, -0.1) is 0 Å². The molecule has 1 aromatic rings. The summed E-state index contributed by atoms with van der Waals surface area (Å²) in [5.74, 6) is 0.653. The third-order valence-corrected chi connectivity index (χ3v) is 3.74. The van der Waals surface area contributed by atoms with E-state index in [0.717, 1.165) is 6.54 Å². The highest BCUT2D eigenvalue weighted by atomic mass is 15.2. The van der Waals surface area contributed by atoms with Crippen LogP contribution in [0.5, 0.6) is 0 Å². The zero-order chi connectivity index (χ0) is 14.6. The van der Waals surface area contributed by atoms with Crippen LogP contribution in [0.2, 0.25) is 0 Å². The molecule has 0 bridgehead atoms. The van der Waals surface area contributed by atoms with Crippen LogP contribution in [0.1, 0.15) is 50.4 Å². The lowest BCUT2D eigenvalue weighted by Crippen LogP contribution is -2.41. The molecule has 2 heteroatoms. The lowest BCUT2D eigenvalue weighted by molar-refractivity contribution is 0.137. The first-order chi connectivity index (χ1) is 8.88. The van der Waals surface area contributed by atoms with E-state index in [2.05, 4.69) is 64.6 Å². The van der Waals surface area contributed by atoms with Gasteiger partial charge < -0.3 is 5.73 Å². The lowest BCUT2D eigenvalue weighted by Gasteiger charge is -2.37. The molecule has 0 aromatic heterocycles. The third-order valence-electron chi connectivity index (χ3n) is 3.74. The fourth-order valence-corrected chi connectivity index (χ4v) is 2.89. The van der Waals surface area contributed by atoms with E-state index in [-0.39, 0.29) is 0 Å². The first kappa shape index (κ1) is 16.2. The molecule has 0 heterocycles. The molecule has 0 aliphatic rings. The van der Waals surface area contributed by atoms with Crippen LogP contribution in [-0.2, 0) is 0 Å². The molecule has 1 aromatic carbocycles. The molecule has 1 rings (SSSR count). The van der Waals surface area contributed by atoms with Crippen molar-refractivity contribution in [2.45, 2.75) is 53.6 Å². The maximum absolute atomic E-state index is 6.12. The standard InChI is InChI=1S/C17H30N2/c1-12(2)11-19(13(3)4)16(10-18)17-14(5)8-7-9-15(17)6/h7-9,12-13,16H,10-11,18H2,1-6H3. The monoisotopic (exact) mass is 262 g/mol. The van der Waals surface area contributed by atoms with Crippen molar-refractivity contribution in [3.8, 4) is 0 Å². The van der Waals surface area contributed by atoms with Gasteiger partial charge in [-0.25, -0.2) is 0 Å². The van der Waals surface area contributed by atoms with E-state index in [1.54, 1.807) is 0 Å². The topological polar surface area (TPSA) is 29.3 Å². The summed E-state index contributed by atoms with van der Waals surface area (Å²) in [7, 11) is 0. The second-order valence-electron chi connectivity index (χ2n) is 6.24. The van der Waals surface area contributed by atoms with Crippen molar-refractivity contribution in [1.29, 1.82) is 0 Å². The van der Waals surface area contributed by atoms with Gasteiger partial charge in [-0.2, -0.15) is 0 Å². The number of hydrogen-bond acceptors (Lipinski definition) is 2. The maximum atomic E-state index is 6.12. The van der Waals surface area contributed by atoms with Crippen molar-refractivity contribution < 1.29 is 0 Å². The normalized spacial score (nSPS) is 13.6. The van der Waals surface area contributed by atoms with Crippen LogP contribution < -0.4 is 5.73 Å². The highest BCUT2D eigenvalue weighted by Gasteiger charge is 2.24. The Morgan fingerprint density at radius 3 is 1.95 bits per heavy atom. The number of benzene rings is 1. The SMILES string of the molecule is Cc1cccc(C)c1C(CN)N(CC(C)C)C(C)C. The summed E-state index contributed by atoms with van der Waals surface area (Å²) < 4.78 is 0. The fourth-order valence-electron chi connectivity index (χ4n) is 2.89. The van der Waals surface area contributed by atoms with Crippen LogP contribution in [0.3, 0.4) is 0 Å². The molecule has 108 valence electrons. The molecule has 0 aliphatic carbocycles. The number of aryl methyl sites for hydroxylation is 2. The molecule has 0 spiro atoms. The number of nitrogens with two attached hydrogens (primary N) is 1. The average Bonchev–Trinajstić information content (AvgIpc) is 2.31. The minimum absolute atomic E-state index is 0.323. The molecule has 0 fully saturated rings. The van der Waals surface area contributed by atoms with Gasteiger partial charge in [0.25, 0.3) is 0 Å². The van der Waals surface area contributed by atoms with Gasteiger partial charge in [0.2, 0.25) is 0 Å². The Bertz CT molecular complexity index is 376. The smallest absolute Gasteiger partial charge is 0.0478 e. The van der Waals surface area contributed by atoms with E-state index in [1.165, 1.54) is 16.7 Å². The quantitative estimate of drug-likeness (QED) is 0.847. The van der Waals surface area contributed by atoms with Crippen LogP contribution in [0.15, 0.2) is 18.2 Å². The van der Waals surface area contributed by atoms with Crippen molar-refractivity contribution in [2.75, 3.05) is 13.1 Å². The molecular weight excluding hydrogens is 232 g/mol. The summed E-state index contributed by atoms with van der Waals surface area (Å²) in [6, 6.07) is 7.35. The molecule has 19 heavy (non-hydrogen) atoms. The van der Waals surface area contributed by atoms with Gasteiger partial charge in [0.15, 0.2) is 0 Å². The second kappa shape index (κ2) is 7.06. The van der Waals surface area contributed by atoms with Crippen LogP contribution >= 0.6 is 0 Å². The predicted molar refractivity (Wildman–Crippen MR) is 84.4 cm³/mol. The first-order valence-electron chi connectivity index (χ1n) is 7.40. The predicted octanol–water partition coefficient (Wildman–Crippen LogP) is 3.67. The molecule has 0 saturated heterocycles. The van der Waals surface area contributed by atoms with Crippen molar-refractivity contribution in [2.24, 2.45) is 11.7 Å². The van der Waals surface area contributed by atoms with E-state index in [4.69, 9.17) is 5.73 Å². The Morgan fingerprint density at radius 1 is 1.05 bits per heavy atom. The van der Waals surface area contributed by atoms with E-state index in [1.807, 2.05) is 0 Å². The van der Waals surface area contributed by atoms with Gasteiger partial charge in [0.1, 0.15) is 0 Å². The molecule has 0 saturated carbocycles. The van der Waals surface area contributed by atoms with Crippen molar-refractivity contribution in [1.82, 2.24) is 4.90 Å². The first-order valence-corrected chi connectivity index (χ1v) is 7.40. The Kier molecular flexibility index (Phi) is 6.02. The Morgan fingerprint density at radius 2 is 1.58 bits per heavy atom. The molecule has 0 radical (unpaired) electrons.